The Hall–Kier alpha value is -3.88. The third kappa shape index (κ3) is 7.31. The molecule has 9 N–H and O–H groups in total. The van der Waals surface area contributed by atoms with E-state index in [9.17, 15) is 29.4 Å². The average Bonchev–Trinajstić information content (AvgIpc) is 3.54. The van der Waals surface area contributed by atoms with Gasteiger partial charge in [-0.2, -0.15) is 12.6 Å². The quantitative estimate of drug-likeness (QED) is 0.118. The van der Waals surface area contributed by atoms with Gasteiger partial charge in [0, 0.05) is 47.6 Å². The smallest absolute Gasteiger partial charge is 0.328 e. The summed E-state index contributed by atoms with van der Waals surface area (Å²) in [5, 5.41) is 26.7. The van der Waals surface area contributed by atoms with Crippen LogP contribution in [0, 0.1) is 0 Å². The maximum Gasteiger partial charge on any atom is 0.328 e. The van der Waals surface area contributed by atoms with Crippen molar-refractivity contribution in [1.29, 1.82) is 0 Å². The summed E-state index contributed by atoms with van der Waals surface area (Å²) in [5.41, 5.74) is 8.09. The summed E-state index contributed by atoms with van der Waals surface area (Å²) in [6, 6.07) is 2.45. The fourth-order valence-electron chi connectivity index (χ4n) is 3.66. The van der Waals surface area contributed by atoms with E-state index >= 15 is 0 Å². The number of fused-ring (bicyclic) bond motifs is 1. The number of thiol groups is 1. The predicted octanol–water partition coefficient (Wildman–Crippen LogP) is -1.54. The van der Waals surface area contributed by atoms with Gasteiger partial charge in [-0.1, -0.05) is 18.2 Å². The first-order valence-electron chi connectivity index (χ1n) is 11.4. The Morgan fingerprint density at radius 1 is 0.973 bits per heavy atom. The van der Waals surface area contributed by atoms with Crippen LogP contribution in [0.15, 0.2) is 43.0 Å². The number of carbonyl (C=O) groups is 4. The third-order valence-electron chi connectivity index (χ3n) is 5.68. The van der Waals surface area contributed by atoms with Crippen LogP contribution in [-0.4, -0.2) is 85.4 Å². The zero-order chi connectivity index (χ0) is 26.9. The highest BCUT2D eigenvalue weighted by molar-refractivity contribution is 7.80. The molecular weight excluding hydrogens is 502 g/mol. The number of para-hydroxylation sites is 1. The number of hydrogen-bond donors (Lipinski definition) is 9. The number of H-pyrrole nitrogens is 2. The maximum atomic E-state index is 13.1. The lowest BCUT2D eigenvalue weighted by Crippen LogP contribution is -2.58. The van der Waals surface area contributed by atoms with E-state index in [4.69, 9.17) is 5.73 Å². The number of aliphatic hydroxyl groups is 1. The van der Waals surface area contributed by atoms with Gasteiger partial charge in [0.25, 0.3) is 0 Å². The molecule has 0 radical (unpaired) electrons. The molecule has 2 aromatic heterocycles. The number of benzene rings is 1. The van der Waals surface area contributed by atoms with Crippen LogP contribution in [0.1, 0.15) is 11.3 Å². The number of aromatic amines is 2. The molecule has 0 bridgehead atoms. The van der Waals surface area contributed by atoms with Crippen LogP contribution < -0.4 is 21.7 Å². The molecule has 0 saturated carbocycles. The Bertz CT molecular complexity index is 1230. The van der Waals surface area contributed by atoms with Gasteiger partial charge < -0.3 is 41.9 Å². The van der Waals surface area contributed by atoms with E-state index < -0.39 is 54.5 Å². The minimum Gasteiger partial charge on any atom is -0.480 e. The number of carbonyl (C=O) groups excluding carboxylic acids is 3. The molecule has 1 aromatic carbocycles. The summed E-state index contributed by atoms with van der Waals surface area (Å²) < 4.78 is 0. The van der Waals surface area contributed by atoms with Gasteiger partial charge in [-0.3, -0.25) is 14.4 Å². The summed E-state index contributed by atoms with van der Waals surface area (Å²) in [5.74, 6) is -3.66. The van der Waals surface area contributed by atoms with Gasteiger partial charge in [-0.05, 0) is 11.6 Å². The van der Waals surface area contributed by atoms with Crippen molar-refractivity contribution >= 4 is 47.2 Å². The van der Waals surface area contributed by atoms with E-state index in [1.165, 1.54) is 12.5 Å². The Morgan fingerprint density at radius 3 is 2.30 bits per heavy atom. The first kappa shape index (κ1) is 27.7. The molecule has 4 atom stereocenters. The van der Waals surface area contributed by atoms with Crippen molar-refractivity contribution in [3.63, 3.8) is 0 Å². The second-order valence-electron chi connectivity index (χ2n) is 8.34. The van der Waals surface area contributed by atoms with Gasteiger partial charge in [-0.25, -0.2) is 9.78 Å². The van der Waals surface area contributed by atoms with Gasteiger partial charge in [0.05, 0.1) is 19.0 Å². The first-order valence-corrected chi connectivity index (χ1v) is 12.0. The lowest BCUT2D eigenvalue weighted by Gasteiger charge is -2.24. The van der Waals surface area contributed by atoms with Crippen LogP contribution in [0.4, 0.5) is 0 Å². The molecule has 3 amide bonds. The maximum absolute atomic E-state index is 13.1. The fourth-order valence-corrected chi connectivity index (χ4v) is 3.92. The molecule has 13 nitrogen and oxygen atoms in total. The molecule has 3 aromatic rings. The molecule has 0 fully saturated rings. The van der Waals surface area contributed by atoms with Crippen molar-refractivity contribution in [2.75, 3.05) is 12.4 Å². The number of carboxylic acids is 1. The van der Waals surface area contributed by atoms with Crippen molar-refractivity contribution < 1.29 is 29.4 Å². The van der Waals surface area contributed by atoms with E-state index in [2.05, 4.69) is 43.5 Å². The van der Waals surface area contributed by atoms with E-state index in [1.807, 2.05) is 24.3 Å². The average molecular weight is 532 g/mol. The van der Waals surface area contributed by atoms with Crippen LogP contribution in [0.3, 0.4) is 0 Å². The molecule has 14 heteroatoms. The normalized spacial score (nSPS) is 14.4. The molecule has 3 rings (SSSR count). The molecular formula is C23H29N7O6S. The number of aliphatic hydroxyl groups excluding tert-OH is 1. The standard InChI is InChI=1S/C23H29N7O6S/c24-15(6-13-8-25-11-27-13)20(32)30-19(10-37)22(34)28-17(21(33)29-18(9-31)23(35)36)5-12-7-26-16-4-2-1-3-14(12)16/h1-4,7-8,11,15,17-19,26,31,37H,5-6,9-10,24H2,(H,25,27)(H,28,34)(H,29,33)(H,30,32)(H,35,36). The van der Waals surface area contributed by atoms with Crippen LogP contribution in [0.25, 0.3) is 10.9 Å². The van der Waals surface area contributed by atoms with Crippen molar-refractivity contribution in [2.24, 2.45) is 5.73 Å². The zero-order valence-electron chi connectivity index (χ0n) is 19.7. The summed E-state index contributed by atoms with van der Waals surface area (Å²) in [4.78, 5) is 59.7. The minimum atomic E-state index is -1.56. The second-order valence-corrected chi connectivity index (χ2v) is 8.70. The topological polar surface area (TPSA) is 215 Å². The Morgan fingerprint density at radius 2 is 1.65 bits per heavy atom. The van der Waals surface area contributed by atoms with Crippen molar-refractivity contribution in [2.45, 2.75) is 37.0 Å². The predicted molar refractivity (Wildman–Crippen MR) is 137 cm³/mol. The van der Waals surface area contributed by atoms with E-state index in [0.717, 1.165) is 10.9 Å². The summed E-state index contributed by atoms with van der Waals surface area (Å²) >= 11 is 4.15. The van der Waals surface area contributed by atoms with Crippen molar-refractivity contribution in [1.82, 2.24) is 30.9 Å². The molecule has 0 aliphatic carbocycles. The number of amides is 3. The van der Waals surface area contributed by atoms with Gasteiger partial charge in [0.1, 0.15) is 18.1 Å². The lowest BCUT2D eigenvalue weighted by atomic mass is 10.0. The van der Waals surface area contributed by atoms with Crippen LogP contribution >= 0.6 is 12.6 Å². The number of aliphatic carboxylic acids is 1. The molecule has 2 heterocycles. The molecule has 37 heavy (non-hydrogen) atoms. The SMILES string of the molecule is NC(Cc1cnc[nH]1)C(=O)NC(CS)C(=O)NC(Cc1c[nH]c2ccccc12)C(=O)NC(CO)C(=O)O. The third-order valence-corrected chi connectivity index (χ3v) is 6.04. The fraction of sp³-hybridized carbons (Fsp3) is 0.348. The summed E-state index contributed by atoms with van der Waals surface area (Å²) in [6.07, 6.45) is 4.83. The molecule has 0 aliphatic rings. The van der Waals surface area contributed by atoms with Crippen molar-refractivity contribution in [3.05, 3.63) is 54.2 Å². The van der Waals surface area contributed by atoms with Crippen molar-refractivity contribution in [3.8, 4) is 0 Å². The largest absolute Gasteiger partial charge is 0.480 e. The Labute approximate surface area is 217 Å². The van der Waals surface area contributed by atoms with Gasteiger partial charge in [0.15, 0.2) is 0 Å². The highest BCUT2D eigenvalue weighted by Gasteiger charge is 2.30. The molecule has 0 spiro atoms. The highest BCUT2D eigenvalue weighted by atomic mass is 32.1. The molecule has 198 valence electrons. The Balaban J connectivity index is 1.74. The number of rotatable bonds is 13. The monoisotopic (exact) mass is 531 g/mol. The van der Waals surface area contributed by atoms with Crippen LogP contribution in [0.5, 0.6) is 0 Å². The number of hydrogen-bond acceptors (Lipinski definition) is 8. The van der Waals surface area contributed by atoms with Crippen LogP contribution in [0.2, 0.25) is 0 Å². The minimum absolute atomic E-state index is 0.00588. The van der Waals surface area contributed by atoms with Gasteiger partial charge in [0.2, 0.25) is 17.7 Å². The first-order chi connectivity index (χ1) is 17.7. The van der Waals surface area contributed by atoms with Gasteiger partial charge >= 0.3 is 5.97 Å². The summed E-state index contributed by atoms with van der Waals surface area (Å²) in [7, 11) is 0. The number of nitrogens with two attached hydrogens (primary N) is 1. The molecule has 4 unspecified atom stereocenters. The Kier molecular flexibility index (Phi) is 9.65. The van der Waals surface area contributed by atoms with E-state index in [1.54, 1.807) is 6.20 Å². The van der Waals surface area contributed by atoms with E-state index in [-0.39, 0.29) is 18.6 Å². The summed E-state index contributed by atoms with van der Waals surface area (Å²) in [6.45, 7) is -0.835. The molecule has 0 aliphatic heterocycles. The van der Waals surface area contributed by atoms with Crippen LogP contribution in [-0.2, 0) is 32.0 Å². The molecule has 0 saturated heterocycles. The zero-order valence-corrected chi connectivity index (χ0v) is 20.6. The lowest BCUT2D eigenvalue weighted by molar-refractivity contribution is -0.143. The second kappa shape index (κ2) is 12.9. The number of nitrogens with zero attached hydrogens (tertiary/aromatic N) is 1. The van der Waals surface area contributed by atoms with E-state index in [0.29, 0.717) is 11.3 Å². The number of carboxylic acid groups (broad SMARTS) is 1. The number of imidazole rings is 1. The number of aromatic nitrogens is 3. The highest BCUT2D eigenvalue weighted by Crippen LogP contribution is 2.19. The van der Waals surface area contributed by atoms with Gasteiger partial charge in [-0.15, -0.1) is 0 Å². The number of nitrogens with one attached hydrogen (secondary N) is 5.